The quantitative estimate of drug-likeness (QED) is 0.865. The minimum absolute atomic E-state index is 0.135. The summed E-state index contributed by atoms with van der Waals surface area (Å²) in [5.74, 6) is 0.638. The Morgan fingerprint density at radius 2 is 1.83 bits per heavy atom. The second kappa shape index (κ2) is 5.02. The molecule has 8 heteroatoms. The third kappa shape index (κ3) is 2.76. The Hall–Kier alpha value is -0.860. The average Bonchev–Trinajstić information content (AvgIpc) is 2.61. The number of halogens is 2. The molecule has 0 saturated carbocycles. The lowest BCUT2D eigenvalue weighted by Gasteiger charge is -2.05. The number of nitrogens with one attached hydrogen (secondary N) is 1. The van der Waals surface area contributed by atoms with E-state index in [-0.39, 0.29) is 10.7 Å². The molecule has 0 aliphatic carbocycles. The summed E-state index contributed by atoms with van der Waals surface area (Å²) >= 11 is 6.44. The van der Waals surface area contributed by atoms with Crippen molar-refractivity contribution in [1.82, 2.24) is 5.16 Å². The van der Waals surface area contributed by atoms with Crippen LogP contribution in [0, 0.1) is 6.92 Å². The van der Waals surface area contributed by atoms with E-state index in [1.165, 1.54) is 12.1 Å². The van der Waals surface area contributed by atoms with E-state index in [2.05, 4.69) is 41.7 Å². The number of rotatable bonds is 3. The van der Waals surface area contributed by atoms with Gasteiger partial charge in [-0.2, -0.15) is 0 Å². The van der Waals surface area contributed by atoms with Crippen molar-refractivity contribution < 1.29 is 12.9 Å². The van der Waals surface area contributed by atoms with Crippen molar-refractivity contribution in [3.05, 3.63) is 39.0 Å². The van der Waals surface area contributed by atoms with Gasteiger partial charge in [0.25, 0.3) is 10.0 Å². The fourth-order valence-electron chi connectivity index (χ4n) is 1.22. The standard InChI is InChI=1S/C10H8Br2N2O3S/c1-6-9(12)10(13-17-6)14-18(15,16)8-4-2-7(11)3-5-8/h2-5H,1H3,(H,13,14). The van der Waals surface area contributed by atoms with Crippen molar-refractivity contribution in [3.63, 3.8) is 0 Å². The maximum Gasteiger partial charge on any atom is 0.263 e. The highest BCUT2D eigenvalue weighted by molar-refractivity contribution is 9.11. The number of anilines is 1. The van der Waals surface area contributed by atoms with Crippen LogP contribution < -0.4 is 4.72 Å². The molecule has 0 saturated heterocycles. The molecule has 0 spiro atoms. The molecule has 0 aliphatic rings. The molecule has 96 valence electrons. The van der Waals surface area contributed by atoms with Crippen LogP contribution in [0.4, 0.5) is 5.82 Å². The SMILES string of the molecule is Cc1onc(NS(=O)(=O)c2ccc(Br)cc2)c1Br. The Morgan fingerprint density at radius 3 is 2.33 bits per heavy atom. The summed E-state index contributed by atoms with van der Waals surface area (Å²) in [5, 5.41) is 3.62. The summed E-state index contributed by atoms with van der Waals surface area (Å²) in [5.41, 5.74) is 0. The highest BCUT2D eigenvalue weighted by Gasteiger charge is 2.19. The number of hydrogen-bond acceptors (Lipinski definition) is 4. The lowest BCUT2D eigenvalue weighted by Crippen LogP contribution is -2.13. The average molecular weight is 396 g/mol. The van der Waals surface area contributed by atoms with E-state index in [0.717, 1.165) is 4.47 Å². The van der Waals surface area contributed by atoms with Crippen LogP contribution in [0.5, 0.6) is 0 Å². The van der Waals surface area contributed by atoms with Crippen molar-refractivity contribution in [1.29, 1.82) is 0 Å². The number of benzene rings is 1. The van der Waals surface area contributed by atoms with Crippen molar-refractivity contribution in [2.45, 2.75) is 11.8 Å². The van der Waals surface area contributed by atoms with Gasteiger partial charge in [-0.3, -0.25) is 4.72 Å². The lowest BCUT2D eigenvalue weighted by atomic mass is 10.4. The Morgan fingerprint density at radius 1 is 1.22 bits per heavy atom. The molecule has 1 N–H and O–H groups in total. The molecule has 0 unspecified atom stereocenters. The van der Waals surface area contributed by atoms with Gasteiger partial charge >= 0.3 is 0 Å². The molecular formula is C10H8Br2N2O3S. The molecule has 5 nitrogen and oxygen atoms in total. The fourth-order valence-corrected chi connectivity index (χ4v) is 2.87. The van der Waals surface area contributed by atoms with Gasteiger partial charge in [-0.1, -0.05) is 21.1 Å². The van der Waals surface area contributed by atoms with Gasteiger partial charge in [-0.25, -0.2) is 8.42 Å². The van der Waals surface area contributed by atoms with E-state index in [0.29, 0.717) is 10.2 Å². The third-order valence-corrected chi connectivity index (χ3v) is 4.96. The maximum atomic E-state index is 12.0. The van der Waals surface area contributed by atoms with Gasteiger partial charge in [0.2, 0.25) is 0 Å². The van der Waals surface area contributed by atoms with Crippen LogP contribution in [0.25, 0.3) is 0 Å². The van der Waals surface area contributed by atoms with Crippen LogP contribution in [-0.2, 0) is 10.0 Å². The van der Waals surface area contributed by atoms with Gasteiger partial charge in [0.1, 0.15) is 10.2 Å². The number of hydrogen-bond donors (Lipinski definition) is 1. The normalized spacial score (nSPS) is 11.5. The Balaban J connectivity index is 2.33. The predicted octanol–water partition coefficient (Wildman–Crippen LogP) is 3.31. The van der Waals surface area contributed by atoms with E-state index in [1.54, 1.807) is 19.1 Å². The smallest absolute Gasteiger partial charge is 0.263 e. The summed E-state index contributed by atoms with van der Waals surface area (Å²) in [6.07, 6.45) is 0. The molecule has 0 radical (unpaired) electrons. The Labute approximate surface area is 121 Å². The molecular weight excluding hydrogens is 388 g/mol. The second-order valence-electron chi connectivity index (χ2n) is 3.46. The Bertz CT molecular complexity index is 665. The summed E-state index contributed by atoms with van der Waals surface area (Å²) in [6.45, 7) is 1.68. The predicted molar refractivity (Wildman–Crippen MR) is 73.9 cm³/mol. The zero-order valence-electron chi connectivity index (χ0n) is 9.15. The van der Waals surface area contributed by atoms with E-state index < -0.39 is 10.0 Å². The summed E-state index contributed by atoms with van der Waals surface area (Å²) in [7, 11) is -3.66. The minimum Gasteiger partial charge on any atom is -0.358 e. The fraction of sp³-hybridized carbons (Fsp3) is 0.100. The molecule has 0 bridgehead atoms. The zero-order chi connectivity index (χ0) is 13.3. The second-order valence-corrected chi connectivity index (χ2v) is 6.85. The number of aryl methyl sites for hydroxylation is 1. The van der Waals surface area contributed by atoms with E-state index in [4.69, 9.17) is 4.52 Å². The van der Waals surface area contributed by atoms with E-state index in [1.807, 2.05) is 0 Å². The van der Waals surface area contributed by atoms with Crippen molar-refractivity contribution in [2.75, 3.05) is 4.72 Å². The van der Waals surface area contributed by atoms with Crippen molar-refractivity contribution >= 4 is 47.7 Å². The Kier molecular flexibility index (Phi) is 3.79. The molecule has 18 heavy (non-hydrogen) atoms. The number of aromatic nitrogens is 1. The van der Waals surface area contributed by atoms with Gasteiger partial charge in [0.15, 0.2) is 5.82 Å². The van der Waals surface area contributed by atoms with Crippen molar-refractivity contribution in [2.24, 2.45) is 0 Å². The molecule has 0 amide bonds. The monoisotopic (exact) mass is 394 g/mol. The van der Waals surface area contributed by atoms with Gasteiger partial charge < -0.3 is 4.52 Å². The molecule has 1 aromatic heterocycles. The minimum atomic E-state index is -3.66. The summed E-state index contributed by atoms with van der Waals surface area (Å²) in [4.78, 5) is 0.151. The first-order chi connectivity index (χ1) is 8.40. The largest absolute Gasteiger partial charge is 0.358 e. The number of sulfonamides is 1. The molecule has 0 atom stereocenters. The summed E-state index contributed by atoms with van der Waals surface area (Å²) in [6, 6.07) is 6.29. The van der Waals surface area contributed by atoms with Crippen LogP contribution in [-0.4, -0.2) is 13.6 Å². The first-order valence-electron chi connectivity index (χ1n) is 4.80. The van der Waals surface area contributed by atoms with Crippen LogP contribution in [0.2, 0.25) is 0 Å². The topological polar surface area (TPSA) is 72.2 Å². The first-order valence-corrected chi connectivity index (χ1v) is 7.87. The zero-order valence-corrected chi connectivity index (χ0v) is 13.1. The molecule has 0 fully saturated rings. The summed E-state index contributed by atoms with van der Waals surface area (Å²) < 4.78 is 32.6. The molecule has 2 aromatic rings. The van der Waals surface area contributed by atoms with Crippen LogP contribution in [0.1, 0.15) is 5.76 Å². The first kappa shape index (κ1) is 13.6. The van der Waals surface area contributed by atoms with Gasteiger partial charge in [-0.15, -0.1) is 0 Å². The highest BCUT2D eigenvalue weighted by atomic mass is 79.9. The third-order valence-electron chi connectivity index (χ3n) is 2.15. The van der Waals surface area contributed by atoms with Gasteiger partial charge in [0.05, 0.1) is 4.90 Å². The van der Waals surface area contributed by atoms with Crippen LogP contribution >= 0.6 is 31.9 Å². The van der Waals surface area contributed by atoms with Crippen molar-refractivity contribution in [3.8, 4) is 0 Å². The van der Waals surface area contributed by atoms with Crippen LogP contribution in [0.3, 0.4) is 0 Å². The molecule has 1 aromatic carbocycles. The van der Waals surface area contributed by atoms with Gasteiger partial charge in [-0.05, 0) is 47.1 Å². The molecule has 0 aliphatic heterocycles. The highest BCUT2D eigenvalue weighted by Crippen LogP contribution is 2.27. The molecule has 1 heterocycles. The lowest BCUT2D eigenvalue weighted by molar-refractivity contribution is 0.399. The van der Waals surface area contributed by atoms with Crippen LogP contribution in [0.15, 0.2) is 42.6 Å². The van der Waals surface area contributed by atoms with Gasteiger partial charge in [0, 0.05) is 4.47 Å². The maximum absolute atomic E-state index is 12.0. The number of nitrogens with zero attached hydrogens (tertiary/aromatic N) is 1. The van der Waals surface area contributed by atoms with E-state index in [9.17, 15) is 8.42 Å². The molecule has 2 rings (SSSR count). The van der Waals surface area contributed by atoms with E-state index >= 15 is 0 Å².